The molecule has 2 heterocycles. The molecule has 2 amide bonds. The SMILES string of the molecule is CCCC1NC(=O)C(C)(C)N(Cc2ccc(Cl)s2)C1=O. The molecule has 0 aliphatic carbocycles. The van der Waals surface area contributed by atoms with Crippen molar-refractivity contribution in [1.29, 1.82) is 0 Å². The maximum Gasteiger partial charge on any atom is 0.246 e. The van der Waals surface area contributed by atoms with E-state index < -0.39 is 11.6 Å². The molecule has 0 spiro atoms. The summed E-state index contributed by atoms with van der Waals surface area (Å²) in [4.78, 5) is 27.4. The highest BCUT2D eigenvalue weighted by molar-refractivity contribution is 7.16. The molecule has 1 aromatic rings. The van der Waals surface area contributed by atoms with Gasteiger partial charge in [0.15, 0.2) is 0 Å². The van der Waals surface area contributed by atoms with E-state index >= 15 is 0 Å². The number of nitrogens with one attached hydrogen (secondary N) is 1. The Labute approximate surface area is 128 Å². The average Bonchev–Trinajstić information content (AvgIpc) is 2.78. The van der Waals surface area contributed by atoms with Gasteiger partial charge in [-0.05, 0) is 32.4 Å². The summed E-state index contributed by atoms with van der Waals surface area (Å²) in [7, 11) is 0. The van der Waals surface area contributed by atoms with Gasteiger partial charge >= 0.3 is 0 Å². The number of piperazine rings is 1. The minimum atomic E-state index is -0.836. The van der Waals surface area contributed by atoms with Crippen molar-refractivity contribution in [2.45, 2.75) is 51.7 Å². The van der Waals surface area contributed by atoms with E-state index in [1.807, 2.05) is 19.1 Å². The molecule has 1 aliphatic heterocycles. The number of thiophene rings is 1. The zero-order valence-electron chi connectivity index (χ0n) is 11.9. The third-order valence-corrected chi connectivity index (χ3v) is 4.84. The monoisotopic (exact) mass is 314 g/mol. The molecule has 0 aromatic carbocycles. The number of hydrogen-bond donors (Lipinski definition) is 1. The van der Waals surface area contributed by atoms with Crippen LogP contribution in [-0.2, 0) is 16.1 Å². The molecule has 1 aliphatic rings. The number of carbonyl (C=O) groups excluding carboxylic acids is 2. The lowest BCUT2D eigenvalue weighted by molar-refractivity contribution is -0.156. The van der Waals surface area contributed by atoms with Crippen molar-refractivity contribution in [2.24, 2.45) is 0 Å². The first-order valence-corrected chi connectivity index (χ1v) is 7.92. The second-order valence-electron chi connectivity index (χ2n) is 5.50. The number of carbonyl (C=O) groups is 2. The van der Waals surface area contributed by atoms with E-state index in [1.54, 1.807) is 18.7 Å². The first-order chi connectivity index (χ1) is 9.36. The van der Waals surface area contributed by atoms with Gasteiger partial charge < -0.3 is 10.2 Å². The Morgan fingerprint density at radius 3 is 2.65 bits per heavy atom. The fraction of sp³-hybridized carbons (Fsp3) is 0.571. The maximum atomic E-state index is 12.6. The Bertz CT molecular complexity index is 527. The summed E-state index contributed by atoms with van der Waals surface area (Å²) in [6.45, 7) is 5.98. The van der Waals surface area contributed by atoms with Gasteiger partial charge in [-0.25, -0.2) is 0 Å². The minimum Gasteiger partial charge on any atom is -0.342 e. The number of rotatable bonds is 4. The van der Waals surface area contributed by atoms with Crippen molar-refractivity contribution in [1.82, 2.24) is 10.2 Å². The lowest BCUT2D eigenvalue weighted by Crippen LogP contribution is -2.67. The van der Waals surface area contributed by atoms with Crippen LogP contribution in [0.15, 0.2) is 12.1 Å². The standard InChI is InChI=1S/C14H19ClN2O2S/c1-4-5-10-12(18)17(14(2,3)13(19)16-10)8-9-6-7-11(15)20-9/h6-7,10H,4-5,8H2,1-3H3,(H,16,19). The van der Waals surface area contributed by atoms with Gasteiger partial charge in [-0.3, -0.25) is 9.59 Å². The molecule has 1 saturated heterocycles. The van der Waals surface area contributed by atoms with Crippen LogP contribution in [0.5, 0.6) is 0 Å². The predicted molar refractivity (Wildman–Crippen MR) is 80.8 cm³/mol. The fourth-order valence-corrected chi connectivity index (χ4v) is 3.41. The number of amides is 2. The number of hydrogen-bond acceptors (Lipinski definition) is 3. The highest BCUT2D eigenvalue weighted by Gasteiger charge is 2.45. The Balaban J connectivity index is 2.25. The Kier molecular flexibility index (Phi) is 4.39. The molecule has 1 aromatic heterocycles. The van der Waals surface area contributed by atoms with Crippen molar-refractivity contribution in [2.75, 3.05) is 0 Å². The maximum absolute atomic E-state index is 12.6. The number of halogens is 1. The van der Waals surface area contributed by atoms with Gasteiger partial charge in [0.1, 0.15) is 11.6 Å². The first-order valence-electron chi connectivity index (χ1n) is 6.73. The summed E-state index contributed by atoms with van der Waals surface area (Å²) in [6, 6.07) is 3.31. The molecule has 2 rings (SSSR count). The van der Waals surface area contributed by atoms with Crippen LogP contribution in [0.1, 0.15) is 38.5 Å². The van der Waals surface area contributed by atoms with Crippen molar-refractivity contribution in [3.8, 4) is 0 Å². The van der Waals surface area contributed by atoms with E-state index in [2.05, 4.69) is 5.32 Å². The Morgan fingerprint density at radius 2 is 2.10 bits per heavy atom. The van der Waals surface area contributed by atoms with Crippen LogP contribution in [0, 0.1) is 0 Å². The largest absolute Gasteiger partial charge is 0.342 e. The second kappa shape index (κ2) is 5.74. The fourth-order valence-electron chi connectivity index (χ4n) is 2.34. The zero-order valence-corrected chi connectivity index (χ0v) is 13.5. The molecule has 0 radical (unpaired) electrons. The van der Waals surface area contributed by atoms with E-state index in [-0.39, 0.29) is 11.8 Å². The van der Waals surface area contributed by atoms with E-state index in [0.29, 0.717) is 17.3 Å². The molecule has 4 nitrogen and oxygen atoms in total. The molecular weight excluding hydrogens is 296 g/mol. The van der Waals surface area contributed by atoms with Crippen LogP contribution < -0.4 is 5.32 Å². The molecule has 6 heteroatoms. The van der Waals surface area contributed by atoms with Gasteiger partial charge in [-0.15, -0.1) is 11.3 Å². The summed E-state index contributed by atoms with van der Waals surface area (Å²) in [5, 5.41) is 2.83. The third kappa shape index (κ3) is 2.83. The van der Waals surface area contributed by atoms with Crippen LogP contribution in [0.2, 0.25) is 4.34 Å². The van der Waals surface area contributed by atoms with Gasteiger partial charge in [-0.1, -0.05) is 24.9 Å². The molecule has 1 unspecified atom stereocenters. The lowest BCUT2D eigenvalue weighted by atomic mass is 9.94. The summed E-state index contributed by atoms with van der Waals surface area (Å²) < 4.78 is 0.692. The van der Waals surface area contributed by atoms with E-state index in [1.165, 1.54) is 11.3 Å². The Morgan fingerprint density at radius 1 is 1.40 bits per heavy atom. The average molecular weight is 315 g/mol. The second-order valence-corrected chi connectivity index (χ2v) is 7.30. The summed E-state index contributed by atoms with van der Waals surface area (Å²) in [5.41, 5.74) is -0.836. The molecule has 0 bridgehead atoms. The van der Waals surface area contributed by atoms with E-state index in [9.17, 15) is 9.59 Å². The summed E-state index contributed by atoms with van der Waals surface area (Å²) in [6.07, 6.45) is 1.53. The summed E-state index contributed by atoms with van der Waals surface area (Å²) in [5.74, 6) is -0.112. The van der Waals surface area contributed by atoms with Gasteiger partial charge in [0, 0.05) is 4.88 Å². The zero-order chi connectivity index (χ0) is 14.9. The summed E-state index contributed by atoms with van der Waals surface area (Å²) >= 11 is 7.37. The molecule has 110 valence electrons. The van der Waals surface area contributed by atoms with E-state index in [4.69, 9.17) is 11.6 Å². The highest BCUT2D eigenvalue weighted by atomic mass is 35.5. The van der Waals surface area contributed by atoms with Crippen molar-refractivity contribution >= 4 is 34.8 Å². The Hall–Kier alpha value is -1.07. The van der Waals surface area contributed by atoms with Gasteiger partial charge in [0.05, 0.1) is 10.9 Å². The number of nitrogens with zero attached hydrogens (tertiary/aromatic N) is 1. The lowest BCUT2D eigenvalue weighted by Gasteiger charge is -2.44. The van der Waals surface area contributed by atoms with Gasteiger partial charge in [-0.2, -0.15) is 0 Å². The van der Waals surface area contributed by atoms with Crippen LogP contribution >= 0.6 is 22.9 Å². The predicted octanol–water partition coefficient (Wildman–Crippen LogP) is 2.81. The van der Waals surface area contributed by atoms with Crippen LogP contribution in [0.25, 0.3) is 0 Å². The van der Waals surface area contributed by atoms with Crippen molar-refractivity contribution < 1.29 is 9.59 Å². The molecule has 1 atom stereocenters. The topological polar surface area (TPSA) is 49.4 Å². The highest BCUT2D eigenvalue weighted by Crippen LogP contribution is 2.28. The van der Waals surface area contributed by atoms with Crippen LogP contribution in [0.3, 0.4) is 0 Å². The molecular formula is C14H19ClN2O2S. The molecule has 1 fully saturated rings. The van der Waals surface area contributed by atoms with Crippen LogP contribution in [-0.4, -0.2) is 28.3 Å². The first kappa shape index (κ1) is 15.3. The quantitative estimate of drug-likeness (QED) is 0.929. The minimum absolute atomic E-state index is 0.0130. The molecule has 20 heavy (non-hydrogen) atoms. The third-order valence-electron chi connectivity index (χ3n) is 3.62. The van der Waals surface area contributed by atoms with Gasteiger partial charge in [0.25, 0.3) is 0 Å². The smallest absolute Gasteiger partial charge is 0.246 e. The van der Waals surface area contributed by atoms with E-state index in [0.717, 1.165) is 11.3 Å². The van der Waals surface area contributed by atoms with Gasteiger partial charge in [0.2, 0.25) is 11.8 Å². The van der Waals surface area contributed by atoms with Crippen molar-refractivity contribution in [3.05, 3.63) is 21.3 Å². The molecule has 0 saturated carbocycles. The van der Waals surface area contributed by atoms with Crippen molar-refractivity contribution in [3.63, 3.8) is 0 Å². The molecule has 1 N–H and O–H groups in total. The van der Waals surface area contributed by atoms with Crippen LogP contribution in [0.4, 0.5) is 0 Å². The normalized spacial score (nSPS) is 22.0.